The average Bonchev–Trinajstić information content (AvgIpc) is 1.87. The Morgan fingerprint density at radius 3 is 2.36 bits per heavy atom. The third-order valence-electron chi connectivity index (χ3n) is 1.74. The van der Waals surface area contributed by atoms with Gasteiger partial charge < -0.3 is 0 Å². The third-order valence-corrected chi connectivity index (χ3v) is 8.45. The van der Waals surface area contributed by atoms with Crippen LogP contribution in [0.3, 0.4) is 0 Å². The molecule has 0 radical (unpaired) electrons. The van der Waals surface area contributed by atoms with Crippen LogP contribution in [0.1, 0.15) is 26.2 Å². The second-order valence-corrected chi connectivity index (χ2v) is 12.9. The van der Waals surface area contributed by atoms with Gasteiger partial charge >= 0.3 is 76.7 Å². The number of carboxylic acids is 1. The molecular formula is C8H17BiO2. The fraction of sp³-hybridized carbons (Fsp3) is 0.875. The van der Waals surface area contributed by atoms with Crippen molar-refractivity contribution in [1.29, 1.82) is 0 Å². The Bertz CT molecular complexity index is 123. The summed E-state index contributed by atoms with van der Waals surface area (Å²) >= 11 is -1.55. The van der Waals surface area contributed by atoms with Gasteiger partial charge in [-0.3, -0.25) is 0 Å². The molecule has 11 heavy (non-hydrogen) atoms. The van der Waals surface area contributed by atoms with E-state index in [1.165, 1.54) is 0 Å². The quantitative estimate of drug-likeness (QED) is 0.770. The van der Waals surface area contributed by atoms with Gasteiger partial charge in [0, 0.05) is 0 Å². The normalized spacial score (nSPS) is 13.5. The maximum atomic E-state index is 10.7. The summed E-state index contributed by atoms with van der Waals surface area (Å²) in [5, 5.41) is 8.82. The van der Waals surface area contributed by atoms with Crippen LogP contribution in [0.15, 0.2) is 0 Å². The van der Waals surface area contributed by atoms with E-state index >= 15 is 0 Å². The number of rotatable bonds is 5. The summed E-state index contributed by atoms with van der Waals surface area (Å²) < 4.78 is 4.40. The molecule has 0 aromatic carbocycles. The van der Waals surface area contributed by atoms with Gasteiger partial charge in [-0.2, -0.15) is 0 Å². The maximum absolute atomic E-state index is 10.7. The van der Waals surface area contributed by atoms with Gasteiger partial charge in [-0.15, -0.1) is 0 Å². The van der Waals surface area contributed by atoms with Gasteiger partial charge in [-0.25, -0.2) is 0 Å². The molecule has 0 fully saturated rings. The predicted molar refractivity (Wildman–Crippen MR) is 48.4 cm³/mol. The van der Waals surface area contributed by atoms with Crippen molar-refractivity contribution in [2.24, 2.45) is 0 Å². The molecule has 0 rings (SSSR count). The van der Waals surface area contributed by atoms with E-state index < -0.39 is 27.7 Å². The molecule has 0 aromatic heterocycles. The number of carboxylic acid groups (broad SMARTS) is 1. The van der Waals surface area contributed by atoms with E-state index in [1.54, 1.807) is 0 Å². The van der Waals surface area contributed by atoms with E-state index in [9.17, 15) is 4.79 Å². The van der Waals surface area contributed by atoms with Crippen molar-refractivity contribution in [2.45, 2.75) is 39.1 Å². The van der Waals surface area contributed by atoms with Crippen molar-refractivity contribution < 1.29 is 9.90 Å². The molecule has 0 amide bonds. The van der Waals surface area contributed by atoms with E-state index in [-0.39, 0.29) is 3.63 Å². The molecule has 0 saturated carbocycles. The number of hydrogen-bond donors (Lipinski definition) is 1. The molecule has 1 unspecified atom stereocenters. The van der Waals surface area contributed by atoms with Crippen LogP contribution < -0.4 is 0 Å². The standard InChI is InChI=1S/C6H11O2.2CH3.Bi/c1-2-3-4-5-6(7)8;;;/h5H,2-4H2,1H3,(H,7,8);2*1H3;. The number of hydrogen-bond acceptors (Lipinski definition) is 1. The Balaban J connectivity index is 3.80. The Kier molecular flexibility index (Phi) is 6.13. The third kappa shape index (κ3) is 4.73. The molecule has 3 heteroatoms. The zero-order valence-electron chi connectivity index (χ0n) is 7.50. The summed E-state index contributed by atoms with van der Waals surface area (Å²) in [5.74, 6) is -0.554. The summed E-state index contributed by atoms with van der Waals surface area (Å²) in [4.78, 5) is 10.7. The van der Waals surface area contributed by atoms with E-state index in [0.717, 1.165) is 19.3 Å². The monoisotopic (exact) mass is 354 g/mol. The topological polar surface area (TPSA) is 37.3 Å². The molecule has 0 saturated heterocycles. The zero-order chi connectivity index (χ0) is 8.85. The van der Waals surface area contributed by atoms with Crippen molar-refractivity contribution in [3.8, 4) is 0 Å². The fourth-order valence-electron chi connectivity index (χ4n) is 1.00. The number of unbranched alkanes of at least 4 members (excludes halogenated alkanes) is 1. The minimum absolute atomic E-state index is 0.0601. The van der Waals surface area contributed by atoms with Gasteiger partial charge in [0.05, 0.1) is 0 Å². The molecule has 66 valence electrons. The van der Waals surface area contributed by atoms with Crippen LogP contribution in [0, 0.1) is 0 Å². The van der Waals surface area contributed by atoms with E-state index in [0.29, 0.717) is 0 Å². The van der Waals surface area contributed by atoms with Crippen LogP contribution in [-0.2, 0) is 4.79 Å². The molecule has 0 aromatic rings. The Labute approximate surface area is 76.7 Å². The molecule has 0 spiro atoms. The van der Waals surface area contributed by atoms with Gasteiger partial charge in [0.2, 0.25) is 0 Å². The van der Waals surface area contributed by atoms with Gasteiger partial charge in [-0.1, -0.05) is 0 Å². The summed E-state index contributed by atoms with van der Waals surface area (Å²) in [6, 6.07) is 0. The molecule has 0 aliphatic rings. The first-order chi connectivity index (χ1) is 5.09. The van der Waals surface area contributed by atoms with Crippen LogP contribution in [0.25, 0.3) is 0 Å². The van der Waals surface area contributed by atoms with Crippen molar-refractivity contribution in [3.63, 3.8) is 0 Å². The van der Waals surface area contributed by atoms with Crippen LogP contribution in [0.5, 0.6) is 0 Å². The molecule has 2 nitrogen and oxygen atoms in total. The fourth-order valence-corrected chi connectivity index (χ4v) is 5.43. The Morgan fingerprint density at radius 1 is 1.55 bits per heavy atom. The van der Waals surface area contributed by atoms with Gasteiger partial charge in [0.15, 0.2) is 0 Å². The molecule has 1 N–H and O–H groups in total. The van der Waals surface area contributed by atoms with E-state index in [1.807, 2.05) is 0 Å². The summed E-state index contributed by atoms with van der Waals surface area (Å²) in [6.07, 6.45) is 3.10. The molecule has 0 bridgehead atoms. The first-order valence-electron chi connectivity index (χ1n) is 3.98. The van der Waals surface area contributed by atoms with Crippen LogP contribution >= 0.6 is 0 Å². The molecule has 0 aliphatic carbocycles. The SMILES string of the molecule is CCCC[CH](C(=O)O)[Bi]([CH3])[CH3]. The Hall–Kier alpha value is 0.353. The molecular weight excluding hydrogens is 337 g/mol. The first kappa shape index (κ1) is 11.4. The van der Waals surface area contributed by atoms with Crippen LogP contribution in [0.2, 0.25) is 12.9 Å². The van der Waals surface area contributed by atoms with Gasteiger partial charge in [-0.05, 0) is 0 Å². The summed E-state index contributed by atoms with van der Waals surface area (Å²) in [6.45, 7) is 2.11. The summed E-state index contributed by atoms with van der Waals surface area (Å²) in [5.41, 5.74) is 0. The minimum atomic E-state index is -1.55. The second-order valence-electron chi connectivity index (χ2n) is 2.96. The second kappa shape index (κ2) is 5.94. The van der Waals surface area contributed by atoms with Gasteiger partial charge in [0.1, 0.15) is 0 Å². The van der Waals surface area contributed by atoms with Crippen molar-refractivity contribution in [1.82, 2.24) is 0 Å². The van der Waals surface area contributed by atoms with Crippen molar-refractivity contribution >= 4 is 27.7 Å². The molecule has 0 aliphatic heterocycles. The molecule has 1 atom stereocenters. The van der Waals surface area contributed by atoms with Gasteiger partial charge in [0.25, 0.3) is 0 Å². The van der Waals surface area contributed by atoms with Crippen LogP contribution in [0.4, 0.5) is 0 Å². The zero-order valence-corrected chi connectivity index (χ0v) is 11.0. The van der Waals surface area contributed by atoms with E-state index in [2.05, 4.69) is 16.2 Å². The van der Waals surface area contributed by atoms with Crippen molar-refractivity contribution in [2.75, 3.05) is 0 Å². The number of aliphatic carboxylic acids is 1. The van der Waals surface area contributed by atoms with E-state index in [4.69, 9.17) is 5.11 Å². The van der Waals surface area contributed by atoms with Crippen molar-refractivity contribution in [3.05, 3.63) is 0 Å². The average molecular weight is 354 g/mol. The number of carbonyl (C=O) groups is 1. The first-order valence-corrected chi connectivity index (χ1v) is 12.9. The predicted octanol–water partition coefficient (Wildman–Crippen LogP) is 2.39. The molecule has 0 heterocycles. The Morgan fingerprint density at radius 2 is 2.09 bits per heavy atom. The summed E-state index contributed by atoms with van der Waals surface area (Å²) in [7, 11) is 0. The van der Waals surface area contributed by atoms with Crippen LogP contribution in [-0.4, -0.2) is 32.8 Å².